The van der Waals surface area contributed by atoms with Crippen molar-refractivity contribution in [2.24, 2.45) is 0 Å². The first-order chi connectivity index (χ1) is 11.9. The van der Waals surface area contributed by atoms with E-state index in [9.17, 15) is 13.2 Å². The highest BCUT2D eigenvalue weighted by Crippen LogP contribution is 2.48. The molecular weight excluding hydrogens is 402 g/mol. The molecule has 0 radical (unpaired) electrons. The van der Waals surface area contributed by atoms with Crippen LogP contribution >= 0.6 is 15.9 Å². The summed E-state index contributed by atoms with van der Waals surface area (Å²) < 4.78 is 25.4. The van der Waals surface area contributed by atoms with Gasteiger partial charge in [-0.2, -0.15) is 0 Å². The van der Waals surface area contributed by atoms with Gasteiger partial charge in [0.15, 0.2) is 9.84 Å². The summed E-state index contributed by atoms with van der Waals surface area (Å²) in [6.45, 7) is 0.362. The third kappa shape index (κ3) is 4.12. The maximum Gasteiger partial charge on any atom is 0.230 e. The van der Waals surface area contributed by atoms with Crippen molar-refractivity contribution in [3.8, 4) is 0 Å². The highest BCUT2D eigenvalue weighted by atomic mass is 79.9. The second-order valence-corrected chi connectivity index (χ2v) is 9.36. The summed E-state index contributed by atoms with van der Waals surface area (Å²) >= 11 is 3.44. The maximum absolute atomic E-state index is 12.6. The van der Waals surface area contributed by atoms with Crippen molar-refractivity contribution in [1.82, 2.24) is 5.32 Å². The molecule has 2 aromatic rings. The van der Waals surface area contributed by atoms with Crippen LogP contribution in [0.15, 0.2) is 64.0 Å². The molecule has 1 fully saturated rings. The van der Waals surface area contributed by atoms with E-state index in [1.54, 1.807) is 30.3 Å². The molecule has 0 aliphatic heterocycles. The molecule has 1 saturated carbocycles. The third-order valence-electron chi connectivity index (χ3n) is 4.54. The Kier molecular flexibility index (Phi) is 5.29. The molecule has 1 N–H and O–H groups in total. The van der Waals surface area contributed by atoms with Crippen molar-refractivity contribution in [3.63, 3.8) is 0 Å². The van der Waals surface area contributed by atoms with Crippen LogP contribution in [0.25, 0.3) is 0 Å². The molecule has 0 bridgehead atoms. The van der Waals surface area contributed by atoms with Crippen LogP contribution in [0.1, 0.15) is 24.8 Å². The summed E-state index contributed by atoms with van der Waals surface area (Å²) in [6.07, 6.45) is 2.06. The number of amides is 1. The Bertz CT molecular complexity index is 861. The fourth-order valence-corrected chi connectivity index (χ4v) is 4.67. The molecule has 0 unspecified atom stereocenters. The van der Waals surface area contributed by atoms with Crippen LogP contribution in [-0.4, -0.2) is 26.6 Å². The van der Waals surface area contributed by atoms with Gasteiger partial charge in [0.2, 0.25) is 5.91 Å². The molecular formula is C19H20BrNO3S. The number of rotatable bonds is 7. The minimum atomic E-state index is -3.29. The van der Waals surface area contributed by atoms with Crippen LogP contribution in [-0.2, 0) is 20.0 Å². The largest absolute Gasteiger partial charge is 0.355 e. The molecule has 4 nitrogen and oxygen atoms in total. The number of hydrogen-bond donors (Lipinski definition) is 1. The van der Waals surface area contributed by atoms with E-state index in [0.717, 1.165) is 22.9 Å². The number of carbonyl (C=O) groups is 1. The monoisotopic (exact) mass is 421 g/mol. The van der Waals surface area contributed by atoms with E-state index < -0.39 is 15.3 Å². The smallest absolute Gasteiger partial charge is 0.230 e. The average molecular weight is 422 g/mol. The van der Waals surface area contributed by atoms with Crippen LogP contribution in [0.4, 0.5) is 0 Å². The first-order valence-corrected chi connectivity index (χ1v) is 10.7. The molecule has 0 aromatic heterocycles. The lowest BCUT2D eigenvalue weighted by atomic mass is 9.95. The Morgan fingerprint density at radius 1 is 1.08 bits per heavy atom. The molecule has 1 aliphatic rings. The molecule has 1 aliphatic carbocycles. The first kappa shape index (κ1) is 18.1. The van der Waals surface area contributed by atoms with Crippen LogP contribution in [0.5, 0.6) is 0 Å². The topological polar surface area (TPSA) is 63.2 Å². The van der Waals surface area contributed by atoms with Crippen molar-refractivity contribution < 1.29 is 13.2 Å². The van der Waals surface area contributed by atoms with Crippen molar-refractivity contribution in [3.05, 3.63) is 64.6 Å². The summed E-state index contributed by atoms with van der Waals surface area (Å²) in [4.78, 5) is 12.9. The van der Waals surface area contributed by atoms with Crippen LogP contribution in [0.3, 0.4) is 0 Å². The summed E-state index contributed by atoms with van der Waals surface area (Å²) in [6, 6.07) is 16.2. The zero-order valence-corrected chi connectivity index (χ0v) is 16.1. The number of hydrogen-bond acceptors (Lipinski definition) is 3. The molecule has 1 amide bonds. The summed E-state index contributed by atoms with van der Waals surface area (Å²) in [5.41, 5.74) is 0.568. The molecule has 2 aromatic carbocycles. The summed E-state index contributed by atoms with van der Waals surface area (Å²) in [7, 11) is -3.29. The van der Waals surface area contributed by atoms with Gasteiger partial charge in [0.05, 0.1) is 16.1 Å². The third-order valence-corrected chi connectivity index (χ3v) is 6.85. The molecule has 0 atom stereocenters. The molecule has 132 valence electrons. The maximum atomic E-state index is 12.6. The van der Waals surface area contributed by atoms with E-state index in [2.05, 4.69) is 21.2 Å². The SMILES string of the molecule is O=C(NCCCS(=O)(=O)c1ccccc1)C1(c2cccc(Br)c2)CC1. The second-order valence-electron chi connectivity index (χ2n) is 6.33. The Labute approximate surface area is 156 Å². The molecule has 0 spiro atoms. The average Bonchev–Trinajstić information content (AvgIpc) is 3.41. The highest BCUT2D eigenvalue weighted by molar-refractivity contribution is 9.10. The van der Waals surface area contributed by atoms with Gasteiger partial charge in [-0.25, -0.2) is 8.42 Å². The van der Waals surface area contributed by atoms with Crippen molar-refractivity contribution in [1.29, 1.82) is 0 Å². The van der Waals surface area contributed by atoms with Crippen LogP contribution in [0, 0.1) is 0 Å². The predicted molar refractivity (Wildman–Crippen MR) is 101 cm³/mol. The zero-order chi connectivity index (χ0) is 17.9. The van der Waals surface area contributed by atoms with E-state index in [1.807, 2.05) is 24.3 Å². The highest BCUT2D eigenvalue weighted by Gasteiger charge is 2.51. The fourth-order valence-electron chi connectivity index (χ4n) is 2.94. The van der Waals surface area contributed by atoms with Gasteiger partial charge in [-0.3, -0.25) is 4.79 Å². The Balaban J connectivity index is 1.54. The summed E-state index contributed by atoms with van der Waals surface area (Å²) in [5, 5.41) is 2.91. The van der Waals surface area contributed by atoms with E-state index in [-0.39, 0.29) is 11.7 Å². The minimum absolute atomic E-state index is 0.0114. The number of carbonyl (C=O) groups excluding carboxylic acids is 1. The standard InChI is InChI=1S/C19H20BrNO3S/c20-16-7-4-6-15(14-16)19(10-11-19)18(22)21-12-5-13-25(23,24)17-8-2-1-3-9-17/h1-4,6-9,14H,5,10-13H2,(H,21,22). The van der Waals surface area contributed by atoms with E-state index in [1.165, 1.54) is 0 Å². The zero-order valence-electron chi connectivity index (χ0n) is 13.7. The quantitative estimate of drug-likeness (QED) is 0.696. The number of nitrogens with one attached hydrogen (secondary N) is 1. The molecule has 25 heavy (non-hydrogen) atoms. The minimum Gasteiger partial charge on any atom is -0.355 e. The lowest BCUT2D eigenvalue weighted by molar-refractivity contribution is -0.123. The second kappa shape index (κ2) is 7.30. The molecule has 0 saturated heterocycles. The lowest BCUT2D eigenvalue weighted by Gasteiger charge is -2.16. The Morgan fingerprint density at radius 2 is 1.80 bits per heavy atom. The van der Waals surface area contributed by atoms with Gasteiger partial charge >= 0.3 is 0 Å². The normalized spacial score (nSPS) is 15.6. The van der Waals surface area contributed by atoms with Crippen LogP contribution in [0.2, 0.25) is 0 Å². The van der Waals surface area contributed by atoms with E-state index in [0.29, 0.717) is 17.9 Å². The van der Waals surface area contributed by atoms with Gasteiger partial charge in [0.25, 0.3) is 0 Å². The molecule has 6 heteroatoms. The molecule has 0 heterocycles. The van der Waals surface area contributed by atoms with Gasteiger partial charge in [0, 0.05) is 11.0 Å². The van der Waals surface area contributed by atoms with Gasteiger partial charge in [0.1, 0.15) is 0 Å². The van der Waals surface area contributed by atoms with Crippen molar-refractivity contribution in [2.75, 3.05) is 12.3 Å². The number of benzene rings is 2. The lowest BCUT2D eigenvalue weighted by Crippen LogP contribution is -2.35. The van der Waals surface area contributed by atoms with Gasteiger partial charge in [-0.1, -0.05) is 46.3 Å². The Morgan fingerprint density at radius 3 is 2.44 bits per heavy atom. The fraction of sp³-hybridized carbons (Fsp3) is 0.316. The first-order valence-electron chi connectivity index (χ1n) is 8.26. The predicted octanol–water partition coefficient (Wildman–Crippen LogP) is 3.46. The van der Waals surface area contributed by atoms with E-state index in [4.69, 9.17) is 0 Å². The van der Waals surface area contributed by atoms with Gasteiger partial charge in [-0.15, -0.1) is 0 Å². The summed E-state index contributed by atoms with van der Waals surface area (Å²) in [5.74, 6) is 0.0176. The number of halogens is 1. The van der Waals surface area contributed by atoms with Crippen molar-refractivity contribution >= 4 is 31.7 Å². The van der Waals surface area contributed by atoms with Gasteiger partial charge < -0.3 is 5.32 Å². The van der Waals surface area contributed by atoms with Crippen molar-refractivity contribution in [2.45, 2.75) is 29.6 Å². The van der Waals surface area contributed by atoms with Crippen LogP contribution < -0.4 is 5.32 Å². The van der Waals surface area contributed by atoms with E-state index >= 15 is 0 Å². The molecule has 3 rings (SSSR count). The Hall–Kier alpha value is -1.66. The van der Waals surface area contributed by atoms with Gasteiger partial charge in [-0.05, 0) is 49.1 Å². The number of sulfone groups is 1.